The Morgan fingerprint density at radius 1 is 1.24 bits per heavy atom. The minimum absolute atomic E-state index is 0.0900. The number of hydrogen-bond donors (Lipinski definition) is 2. The van der Waals surface area contributed by atoms with E-state index < -0.39 is 0 Å². The van der Waals surface area contributed by atoms with Crippen molar-refractivity contribution in [1.82, 2.24) is 5.32 Å². The van der Waals surface area contributed by atoms with E-state index in [4.69, 9.17) is 9.84 Å². The summed E-state index contributed by atoms with van der Waals surface area (Å²) in [6.45, 7) is 8.35. The molecule has 1 atom stereocenters. The van der Waals surface area contributed by atoms with Gasteiger partial charge in [0.15, 0.2) is 0 Å². The highest BCUT2D eigenvalue weighted by atomic mass is 16.5. The zero-order chi connectivity index (χ0) is 12.7. The van der Waals surface area contributed by atoms with Gasteiger partial charge in [-0.15, -0.1) is 0 Å². The Morgan fingerprint density at radius 2 is 2.00 bits per heavy atom. The van der Waals surface area contributed by atoms with Crippen molar-refractivity contribution < 1.29 is 9.84 Å². The maximum atomic E-state index is 8.56. The molecule has 1 unspecified atom stereocenters. The van der Waals surface area contributed by atoms with Gasteiger partial charge in [0.2, 0.25) is 0 Å². The number of ether oxygens (including phenoxy) is 1. The van der Waals surface area contributed by atoms with E-state index in [9.17, 15) is 0 Å². The van der Waals surface area contributed by atoms with Gasteiger partial charge in [0.25, 0.3) is 0 Å². The summed E-state index contributed by atoms with van der Waals surface area (Å²) >= 11 is 0. The van der Waals surface area contributed by atoms with Crippen LogP contribution in [0.2, 0.25) is 0 Å². The lowest BCUT2D eigenvalue weighted by Crippen LogP contribution is -2.23. The third-order valence-electron chi connectivity index (χ3n) is 2.96. The van der Waals surface area contributed by atoms with Gasteiger partial charge >= 0.3 is 0 Å². The van der Waals surface area contributed by atoms with Crippen molar-refractivity contribution in [2.75, 3.05) is 26.4 Å². The Hall–Kier alpha value is -0.900. The molecule has 1 aromatic carbocycles. The number of benzene rings is 1. The molecule has 0 saturated carbocycles. The largest absolute Gasteiger partial charge is 0.394 e. The Labute approximate surface area is 104 Å². The number of rotatable bonds is 7. The number of aryl methyl sites for hydroxylation is 2. The highest BCUT2D eigenvalue weighted by Gasteiger charge is 2.05. The zero-order valence-corrected chi connectivity index (χ0v) is 11.0. The summed E-state index contributed by atoms with van der Waals surface area (Å²) in [4.78, 5) is 0. The van der Waals surface area contributed by atoms with Crippen LogP contribution < -0.4 is 5.32 Å². The molecular weight excluding hydrogens is 214 g/mol. The van der Waals surface area contributed by atoms with Gasteiger partial charge in [-0.3, -0.25) is 0 Å². The van der Waals surface area contributed by atoms with E-state index in [2.05, 4.69) is 44.3 Å². The standard InChI is InChI=1S/C14H23NO2/c1-11-4-5-14(10-12(11)2)13(3)15-6-8-17-9-7-16/h4-5,10,13,15-16H,6-9H2,1-3H3. The van der Waals surface area contributed by atoms with E-state index in [1.54, 1.807) is 0 Å². The van der Waals surface area contributed by atoms with Crippen LogP contribution in [0, 0.1) is 13.8 Å². The molecule has 3 heteroatoms. The van der Waals surface area contributed by atoms with Gasteiger partial charge in [0.05, 0.1) is 19.8 Å². The molecule has 0 radical (unpaired) electrons. The van der Waals surface area contributed by atoms with Crippen LogP contribution in [-0.2, 0) is 4.74 Å². The highest BCUT2D eigenvalue weighted by molar-refractivity contribution is 5.31. The molecule has 0 heterocycles. The zero-order valence-electron chi connectivity index (χ0n) is 11.0. The van der Waals surface area contributed by atoms with E-state index in [1.807, 2.05) is 0 Å². The van der Waals surface area contributed by atoms with Crippen LogP contribution >= 0.6 is 0 Å². The minimum atomic E-state index is 0.0900. The van der Waals surface area contributed by atoms with Crippen LogP contribution in [0.1, 0.15) is 29.7 Å². The summed E-state index contributed by atoms with van der Waals surface area (Å²) in [6, 6.07) is 6.87. The quantitative estimate of drug-likeness (QED) is 0.712. The van der Waals surface area contributed by atoms with Gasteiger partial charge in [-0.25, -0.2) is 0 Å². The normalized spacial score (nSPS) is 12.7. The Balaban J connectivity index is 2.36. The molecule has 0 amide bonds. The smallest absolute Gasteiger partial charge is 0.0698 e. The summed E-state index contributed by atoms with van der Waals surface area (Å²) in [6.07, 6.45) is 0. The molecule has 0 aromatic heterocycles. The van der Waals surface area contributed by atoms with Gasteiger partial charge in [-0.2, -0.15) is 0 Å². The van der Waals surface area contributed by atoms with Crippen LogP contribution in [0.4, 0.5) is 0 Å². The molecule has 0 bridgehead atoms. The second kappa shape index (κ2) is 7.43. The van der Waals surface area contributed by atoms with Gasteiger partial charge in [-0.1, -0.05) is 18.2 Å². The van der Waals surface area contributed by atoms with Crippen molar-refractivity contribution in [1.29, 1.82) is 0 Å². The van der Waals surface area contributed by atoms with Crippen LogP contribution in [0.3, 0.4) is 0 Å². The van der Waals surface area contributed by atoms with E-state index in [1.165, 1.54) is 16.7 Å². The molecule has 0 aliphatic carbocycles. The van der Waals surface area contributed by atoms with E-state index in [0.29, 0.717) is 19.3 Å². The van der Waals surface area contributed by atoms with Crippen molar-refractivity contribution in [3.63, 3.8) is 0 Å². The van der Waals surface area contributed by atoms with Crippen molar-refractivity contribution in [3.05, 3.63) is 34.9 Å². The second-order valence-electron chi connectivity index (χ2n) is 4.36. The molecule has 2 N–H and O–H groups in total. The molecule has 0 fully saturated rings. The molecular formula is C14H23NO2. The fourth-order valence-electron chi connectivity index (χ4n) is 1.67. The lowest BCUT2D eigenvalue weighted by Gasteiger charge is -2.15. The fraction of sp³-hybridized carbons (Fsp3) is 0.571. The van der Waals surface area contributed by atoms with Crippen molar-refractivity contribution in [3.8, 4) is 0 Å². The van der Waals surface area contributed by atoms with Crippen LogP contribution in [0.5, 0.6) is 0 Å². The molecule has 1 aromatic rings. The fourth-order valence-corrected chi connectivity index (χ4v) is 1.67. The van der Waals surface area contributed by atoms with Gasteiger partial charge in [0.1, 0.15) is 0 Å². The molecule has 96 valence electrons. The highest BCUT2D eigenvalue weighted by Crippen LogP contribution is 2.16. The van der Waals surface area contributed by atoms with Crippen molar-refractivity contribution >= 4 is 0 Å². The third-order valence-corrected chi connectivity index (χ3v) is 2.96. The van der Waals surface area contributed by atoms with Gasteiger partial charge in [-0.05, 0) is 37.5 Å². The van der Waals surface area contributed by atoms with E-state index in [-0.39, 0.29) is 6.61 Å². The molecule has 17 heavy (non-hydrogen) atoms. The first kappa shape index (κ1) is 14.2. The number of aliphatic hydroxyl groups excluding tert-OH is 1. The molecule has 0 spiro atoms. The maximum Gasteiger partial charge on any atom is 0.0698 e. The molecule has 0 aliphatic heterocycles. The van der Waals surface area contributed by atoms with Crippen LogP contribution in [-0.4, -0.2) is 31.5 Å². The Bertz CT molecular complexity index is 339. The average Bonchev–Trinajstić information content (AvgIpc) is 2.32. The number of hydrogen-bond acceptors (Lipinski definition) is 3. The van der Waals surface area contributed by atoms with Crippen molar-refractivity contribution in [2.45, 2.75) is 26.8 Å². The van der Waals surface area contributed by atoms with Crippen LogP contribution in [0.15, 0.2) is 18.2 Å². The maximum absolute atomic E-state index is 8.56. The molecule has 0 aliphatic rings. The summed E-state index contributed by atoms with van der Waals surface area (Å²) in [5, 5.41) is 12.0. The topological polar surface area (TPSA) is 41.5 Å². The predicted molar refractivity (Wildman–Crippen MR) is 70.2 cm³/mol. The average molecular weight is 237 g/mol. The van der Waals surface area contributed by atoms with Crippen LogP contribution in [0.25, 0.3) is 0 Å². The lowest BCUT2D eigenvalue weighted by atomic mass is 10.0. The summed E-state index contributed by atoms with van der Waals surface area (Å²) in [5.41, 5.74) is 3.95. The van der Waals surface area contributed by atoms with Crippen molar-refractivity contribution in [2.24, 2.45) is 0 Å². The number of aliphatic hydroxyl groups is 1. The SMILES string of the molecule is Cc1ccc(C(C)NCCOCCO)cc1C. The van der Waals surface area contributed by atoms with E-state index in [0.717, 1.165) is 6.54 Å². The van der Waals surface area contributed by atoms with E-state index >= 15 is 0 Å². The van der Waals surface area contributed by atoms with Gasteiger partial charge < -0.3 is 15.2 Å². The Morgan fingerprint density at radius 3 is 2.65 bits per heavy atom. The molecule has 1 rings (SSSR count). The lowest BCUT2D eigenvalue weighted by molar-refractivity contribution is 0.0928. The Kier molecular flexibility index (Phi) is 6.19. The summed E-state index contributed by atoms with van der Waals surface area (Å²) in [5.74, 6) is 0. The first-order valence-electron chi connectivity index (χ1n) is 6.14. The second-order valence-corrected chi connectivity index (χ2v) is 4.36. The number of nitrogens with one attached hydrogen (secondary N) is 1. The summed E-state index contributed by atoms with van der Waals surface area (Å²) < 4.78 is 5.20. The monoisotopic (exact) mass is 237 g/mol. The predicted octanol–water partition coefficient (Wildman–Crippen LogP) is 1.96. The molecule has 0 saturated heterocycles. The minimum Gasteiger partial charge on any atom is -0.394 e. The third kappa shape index (κ3) is 4.86. The first-order valence-corrected chi connectivity index (χ1v) is 6.14. The first-order chi connectivity index (χ1) is 8.15. The molecule has 3 nitrogen and oxygen atoms in total. The summed E-state index contributed by atoms with van der Waals surface area (Å²) in [7, 11) is 0. The van der Waals surface area contributed by atoms with Gasteiger partial charge in [0, 0.05) is 12.6 Å².